The summed E-state index contributed by atoms with van der Waals surface area (Å²) in [6.45, 7) is 3.92. The quantitative estimate of drug-likeness (QED) is 0.819. The highest BCUT2D eigenvalue weighted by atomic mass is 16.1. The van der Waals surface area contributed by atoms with Crippen molar-refractivity contribution in [3.8, 4) is 0 Å². The zero-order chi connectivity index (χ0) is 16.4. The molecule has 0 spiro atoms. The SMILES string of the molecule is CN(C)Cc1cc(=O)n2c(n1)CN(Cc1cnn(C)c1)CCC2. The number of hydrogen-bond donors (Lipinski definition) is 0. The maximum absolute atomic E-state index is 12.4. The van der Waals surface area contributed by atoms with Crippen LogP contribution in [0.4, 0.5) is 0 Å². The van der Waals surface area contributed by atoms with Gasteiger partial charge in [0.2, 0.25) is 0 Å². The highest BCUT2D eigenvalue weighted by Crippen LogP contribution is 2.13. The lowest BCUT2D eigenvalue weighted by atomic mass is 10.3. The Labute approximate surface area is 136 Å². The molecule has 0 atom stereocenters. The van der Waals surface area contributed by atoms with Crippen molar-refractivity contribution in [3.05, 3.63) is 45.9 Å². The molecule has 23 heavy (non-hydrogen) atoms. The van der Waals surface area contributed by atoms with Crippen molar-refractivity contribution in [3.63, 3.8) is 0 Å². The van der Waals surface area contributed by atoms with E-state index in [9.17, 15) is 4.79 Å². The van der Waals surface area contributed by atoms with Crippen molar-refractivity contribution in [2.45, 2.75) is 32.6 Å². The van der Waals surface area contributed by atoms with E-state index in [0.717, 1.165) is 37.6 Å². The van der Waals surface area contributed by atoms with E-state index < -0.39 is 0 Å². The Bertz CT molecular complexity index is 732. The average Bonchev–Trinajstić information content (AvgIpc) is 2.75. The minimum atomic E-state index is 0.0649. The lowest BCUT2D eigenvalue weighted by Gasteiger charge is -2.19. The highest BCUT2D eigenvalue weighted by Gasteiger charge is 2.18. The summed E-state index contributed by atoms with van der Waals surface area (Å²) in [7, 11) is 5.90. The molecule has 3 heterocycles. The Morgan fingerprint density at radius 1 is 1.30 bits per heavy atom. The number of fused-ring (bicyclic) bond motifs is 1. The molecule has 0 aliphatic carbocycles. The van der Waals surface area contributed by atoms with Crippen molar-refractivity contribution in [1.29, 1.82) is 0 Å². The van der Waals surface area contributed by atoms with Gasteiger partial charge in [-0.1, -0.05) is 0 Å². The molecule has 1 aliphatic heterocycles. The maximum Gasteiger partial charge on any atom is 0.253 e. The Morgan fingerprint density at radius 3 is 2.83 bits per heavy atom. The Hall–Kier alpha value is -1.99. The minimum Gasteiger partial charge on any atom is -0.304 e. The summed E-state index contributed by atoms with van der Waals surface area (Å²) < 4.78 is 3.64. The Balaban J connectivity index is 1.83. The third-order valence-corrected chi connectivity index (χ3v) is 4.00. The summed E-state index contributed by atoms with van der Waals surface area (Å²) in [5, 5.41) is 4.22. The topological polar surface area (TPSA) is 59.2 Å². The molecule has 1 aliphatic rings. The highest BCUT2D eigenvalue weighted by molar-refractivity contribution is 5.07. The van der Waals surface area contributed by atoms with Gasteiger partial charge in [0.1, 0.15) is 5.82 Å². The third-order valence-electron chi connectivity index (χ3n) is 4.00. The van der Waals surface area contributed by atoms with E-state index in [-0.39, 0.29) is 5.56 Å². The van der Waals surface area contributed by atoms with Crippen LogP contribution in [0.15, 0.2) is 23.3 Å². The van der Waals surface area contributed by atoms with Crippen LogP contribution in [0.3, 0.4) is 0 Å². The summed E-state index contributed by atoms with van der Waals surface area (Å²) >= 11 is 0. The molecule has 0 bridgehead atoms. The summed E-state index contributed by atoms with van der Waals surface area (Å²) in [5.74, 6) is 0.871. The zero-order valence-corrected chi connectivity index (χ0v) is 14.1. The van der Waals surface area contributed by atoms with Crippen molar-refractivity contribution >= 4 is 0 Å². The van der Waals surface area contributed by atoms with Crippen LogP contribution in [0.25, 0.3) is 0 Å². The second-order valence-electron chi connectivity index (χ2n) is 6.48. The molecule has 0 saturated carbocycles. The molecule has 0 saturated heterocycles. The molecule has 0 N–H and O–H groups in total. The first-order chi connectivity index (χ1) is 11.0. The molecule has 0 fully saturated rings. The second-order valence-corrected chi connectivity index (χ2v) is 6.48. The molecule has 124 valence electrons. The molecular weight excluding hydrogens is 292 g/mol. The van der Waals surface area contributed by atoms with Crippen molar-refractivity contribution in [2.24, 2.45) is 7.05 Å². The number of nitrogens with zero attached hydrogens (tertiary/aromatic N) is 6. The molecule has 0 aromatic carbocycles. The van der Waals surface area contributed by atoms with E-state index in [1.54, 1.807) is 6.07 Å². The van der Waals surface area contributed by atoms with Crippen LogP contribution in [0, 0.1) is 0 Å². The van der Waals surface area contributed by atoms with E-state index in [0.29, 0.717) is 13.1 Å². The number of rotatable bonds is 4. The Kier molecular flexibility index (Phi) is 4.58. The molecule has 2 aromatic heterocycles. The van der Waals surface area contributed by atoms with E-state index in [1.807, 2.05) is 47.7 Å². The summed E-state index contributed by atoms with van der Waals surface area (Å²) in [6, 6.07) is 1.67. The molecule has 0 radical (unpaired) electrons. The van der Waals surface area contributed by atoms with Gasteiger partial charge in [-0.2, -0.15) is 5.10 Å². The molecule has 0 amide bonds. The van der Waals surface area contributed by atoms with Crippen LogP contribution in [-0.2, 0) is 33.2 Å². The maximum atomic E-state index is 12.4. The first-order valence-electron chi connectivity index (χ1n) is 7.95. The van der Waals surface area contributed by atoms with Crippen molar-refractivity contribution in [1.82, 2.24) is 29.1 Å². The lowest BCUT2D eigenvalue weighted by Crippen LogP contribution is -2.28. The van der Waals surface area contributed by atoms with Crippen LogP contribution < -0.4 is 5.56 Å². The summed E-state index contributed by atoms with van der Waals surface area (Å²) in [6.07, 6.45) is 4.89. The van der Waals surface area contributed by atoms with Gasteiger partial charge in [0.05, 0.1) is 18.4 Å². The van der Waals surface area contributed by atoms with Gasteiger partial charge in [0.15, 0.2) is 0 Å². The second kappa shape index (κ2) is 6.64. The normalized spacial score (nSPS) is 15.7. The predicted octanol–water partition coefficient (Wildman–Crippen LogP) is 0.444. The van der Waals surface area contributed by atoms with Gasteiger partial charge in [0, 0.05) is 51.1 Å². The van der Waals surface area contributed by atoms with Crippen LogP contribution in [0.2, 0.25) is 0 Å². The average molecular weight is 316 g/mol. The molecule has 0 unspecified atom stereocenters. The fourth-order valence-corrected chi connectivity index (χ4v) is 3.05. The minimum absolute atomic E-state index is 0.0649. The first kappa shape index (κ1) is 15.9. The number of hydrogen-bond acceptors (Lipinski definition) is 5. The van der Waals surface area contributed by atoms with Crippen LogP contribution in [-0.4, -0.2) is 49.8 Å². The van der Waals surface area contributed by atoms with Crippen LogP contribution >= 0.6 is 0 Å². The largest absolute Gasteiger partial charge is 0.304 e. The van der Waals surface area contributed by atoms with E-state index in [4.69, 9.17) is 4.98 Å². The summed E-state index contributed by atoms with van der Waals surface area (Å²) in [4.78, 5) is 21.5. The molecular formula is C16H24N6O. The van der Waals surface area contributed by atoms with Gasteiger partial charge in [-0.15, -0.1) is 0 Å². The molecule has 2 aromatic rings. The zero-order valence-electron chi connectivity index (χ0n) is 14.1. The molecule has 7 heteroatoms. The fourth-order valence-electron chi connectivity index (χ4n) is 3.05. The van der Waals surface area contributed by atoms with Gasteiger partial charge in [-0.25, -0.2) is 4.98 Å². The van der Waals surface area contributed by atoms with Crippen LogP contribution in [0.5, 0.6) is 0 Å². The van der Waals surface area contributed by atoms with E-state index in [2.05, 4.69) is 10.00 Å². The lowest BCUT2D eigenvalue weighted by molar-refractivity contribution is 0.257. The monoisotopic (exact) mass is 316 g/mol. The smallest absolute Gasteiger partial charge is 0.253 e. The first-order valence-corrected chi connectivity index (χ1v) is 7.95. The predicted molar refractivity (Wildman–Crippen MR) is 87.8 cm³/mol. The van der Waals surface area contributed by atoms with E-state index in [1.165, 1.54) is 5.56 Å². The standard InChI is InChI=1S/C16H24N6O/c1-19(2)11-14-7-16(23)22-6-4-5-21(12-15(22)18-14)10-13-8-17-20(3)9-13/h7-9H,4-6,10-12H2,1-3H3. The van der Waals surface area contributed by atoms with Crippen molar-refractivity contribution in [2.75, 3.05) is 20.6 Å². The van der Waals surface area contributed by atoms with Gasteiger partial charge in [-0.05, 0) is 20.5 Å². The number of aryl methyl sites for hydroxylation is 1. The Morgan fingerprint density at radius 2 is 2.13 bits per heavy atom. The molecule has 7 nitrogen and oxygen atoms in total. The van der Waals surface area contributed by atoms with E-state index >= 15 is 0 Å². The van der Waals surface area contributed by atoms with Crippen molar-refractivity contribution < 1.29 is 0 Å². The van der Waals surface area contributed by atoms with Gasteiger partial charge >= 0.3 is 0 Å². The fraction of sp³-hybridized carbons (Fsp3) is 0.562. The van der Waals surface area contributed by atoms with Gasteiger partial charge < -0.3 is 4.90 Å². The summed E-state index contributed by atoms with van der Waals surface area (Å²) in [5.41, 5.74) is 2.09. The van der Waals surface area contributed by atoms with Gasteiger partial charge in [-0.3, -0.25) is 18.9 Å². The third kappa shape index (κ3) is 3.86. The number of aromatic nitrogens is 4. The molecule has 3 rings (SSSR count). The van der Waals surface area contributed by atoms with Gasteiger partial charge in [0.25, 0.3) is 5.56 Å². The van der Waals surface area contributed by atoms with Crippen LogP contribution in [0.1, 0.15) is 23.5 Å².